The van der Waals surface area contributed by atoms with Gasteiger partial charge in [0.1, 0.15) is 34.8 Å². The second-order valence-corrected chi connectivity index (χ2v) is 15.1. The summed E-state index contributed by atoms with van der Waals surface area (Å²) in [5.74, 6) is -0.469. The number of nitrogens with zero attached hydrogens (tertiary/aromatic N) is 3. The van der Waals surface area contributed by atoms with E-state index in [1.807, 2.05) is 0 Å². The summed E-state index contributed by atoms with van der Waals surface area (Å²) in [6.45, 7) is 20.6. The van der Waals surface area contributed by atoms with Crippen molar-refractivity contribution in [3.8, 4) is 17.0 Å². The Bertz CT molecular complexity index is 1380. The van der Waals surface area contributed by atoms with Crippen LogP contribution in [-0.2, 0) is 30.3 Å². The van der Waals surface area contributed by atoms with Crippen LogP contribution < -0.4 is 15.0 Å². The van der Waals surface area contributed by atoms with Crippen LogP contribution in [0.2, 0.25) is 0 Å². The number of imidazole rings is 1. The van der Waals surface area contributed by atoms with Gasteiger partial charge in [0.05, 0.1) is 5.69 Å². The van der Waals surface area contributed by atoms with Gasteiger partial charge < -0.3 is 38.7 Å². The summed E-state index contributed by atoms with van der Waals surface area (Å²) >= 11 is 0. The molecular weight excluding hydrogens is 624 g/mol. The summed E-state index contributed by atoms with van der Waals surface area (Å²) in [5.41, 5.74) is -2.25. The van der Waals surface area contributed by atoms with Crippen molar-refractivity contribution in [1.29, 1.82) is 0 Å². The highest BCUT2D eigenvalue weighted by Gasteiger charge is 2.36. The number of anilines is 1. The first-order chi connectivity index (χ1) is 21.8. The number of aliphatic hydroxyl groups excluding tert-OH is 1. The van der Waals surface area contributed by atoms with Crippen molar-refractivity contribution in [1.82, 2.24) is 14.9 Å². The first kappa shape index (κ1) is 39.8. The lowest BCUT2D eigenvalue weighted by Gasteiger charge is -2.28. The molecule has 268 valence electrons. The van der Waals surface area contributed by atoms with Gasteiger partial charge in [0.2, 0.25) is 5.95 Å². The lowest BCUT2D eigenvalue weighted by atomic mass is 10.1. The van der Waals surface area contributed by atoms with Gasteiger partial charge in [-0.2, -0.15) is 0 Å². The van der Waals surface area contributed by atoms with Gasteiger partial charge in [0, 0.05) is 24.8 Å². The molecule has 1 heterocycles. The summed E-state index contributed by atoms with van der Waals surface area (Å²) in [6, 6.07) is 6.64. The smallest absolute Gasteiger partial charge is 0.427 e. The molecule has 14 heteroatoms. The monoisotopic (exact) mass is 676 g/mol. The number of esters is 1. The molecule has 2 aromatic rings. The number of nitrogens with one attached hydrogen (secondary N) is 1. The predicted molar refractivity (Wildman–Crippen MR) is 179 cm³/mol. The average Bonchev–Trinajstić information content (AvgIpc) is 3.29. The van der Waals surface area contributed by atoms with Crippen molar-refractivity contribution in [2.45, 2.75) is 125 Å². The number of carbonyl (C=O) groups is 4. The minimum absolute atomic E-state index is 0.0495. The second kappa shape index (κ2) is 15.7. The van der Waals surface area contributed by atoms with E-state index in [-0.39, 0.29) is 25.6 Å². The van der Waals surface area contributed by atoms with Crippen LogP contribution in [0.25, 0.3) is 11.3 Å². The molecule has 0 radical (unpaired) electrons. The molecule has 2 rings (SSSR count). The minimum Gasteiger partial charge on any atom is -0.490 e. The van der Waals surface area contributed by atoms with Gasteiger partial charge in [-0.05, 0) is 114 Å². The molecule has 0 saturated carbocycles. The molecule has 3 amide bonds. The van der Waals surface area contributed by atoms with Crippen LogP contribution in [0.1, 0.15) is 89.5 Å². The van der Waals surface area contributed by atoms with Crippen LogP contribution in [0, 0.1) is 0 Å². The third kappa shape index (κ3) is 14.2. The fourth-order valence-electron chi connectivity index (χ4n) is 3.83. The molecule has 0 aliphatic carbocycles. The van der Waals surface area contributed by atoms with Crippen molar-refractivity contribution in [3.05, 3.63) is 30.5 Å². The number of aryl methyl sites for hydroxylation is 1. The van der Waals surface area contributed by atoms with Gasteiger partial charge in [-0.3, -0.25) is 0 Å². The first-order valence-electron chi connectivity index (χ1n) is 15.8. The normalized spacial score (nSPS) is 12.9. The predicted octanol–water partition coefficient (Wildman–Crippen LogP) is 6.22. The SMILES string of the molecule is CC(C)(C)OC(=O)NCCCn1cc(-c2ccc(OCC(O)C(=O)OC(C)(C)C)cc2)nc1N(C(=O)OC(C)(C)C)C(=O)OC(C)(C)C. The Balaban J connectivity index is 2.40. The van der Waals surface area contributed by atoms with E-state index in [1.165, 1.54) is 0 Å². The standard InChI is InChI=1S/C34H52N4O10/c1-31(2,3)45-26(40)25(39)21-44-23-16-14-22(15-17-23)24-20-37(19-13-18-35-28(41)46-32(4,5)6)27(36-24)38(29(42)47-33(7,8)9)30(43)48-34(10,11)12/h14-17,20,25,39H,13,18-19,21H2,1-12H3,(H,35,41). The highest BCUT2D eigenvalue weighted by Crippen LogP contribution is 2.28. The highest BCUT2D eigenvalue weighted by molar-refractivity contribution is 6.08. The second-order valence-electron chi connectivity index (χ2n) is 15.1. The molecule has 2 N–H and O–H groups in total. The minimum atomic E-state index is -1.47. The summed E-state index contributed by atoms with van der Waals surface area (Å²) in [7, 11) is 0. The number of hydrogen-bond acceptors (Lipinski definition) is 11. The molecule has 1 aromatic heterocycles. The van der Waals surface area contributed by atoms with Crippen LogP contribution in [0.15, 0.2) is 30.5 Å². The van der Waals surface area contributed by atoms with Crippen LogP contribution in [0.3, 0.4) is 0 Å². The summed E-state index contributed by atoms with van der Waals surface area (Å²) in [5, 5.41) is 12.8. The Morgan fingerprint density at radius 3 is 1.77 bits per heavy atom. The van der Waals surface area contributed by atoms with E-state index in [1.54, 1.807) is 118 Å². The summed E-state index contributed by atoms with van der Waals surface area (Å²) in [4.78, 5) is 56.5. The molecule has 0 spiro atoms. The Kier molecular flexibility index (Phi) is 13.0. The topological polar surface area (TPSA) is 168 Å². The Morgan fingerprint density at radius 2 is 1.29 bits per heavy atom. The van der Waals surface area contributed by atoms with Gasteiger partial charge in [0.25, 0.3) is 0 Å². The number of amides is 3. The zero-order valence-corrected chi connectivity index (χ0v) is 30.3. The Hall–Kier alpha value is -4.33. The van der Waals surface area contributed by atoms with Crippen LogP contribution in [-0.4, -0.2) is 80.6 Å². The van der Waals surface area contributed by atoms with E-state index >= 15 is 0 Å². The molecule has 0 saturated heterocycles. The van der Waals surface area contributed by atoms with Crippen molar-refractivity contribution >= 4 is 30.2 Å². The third-order valence-corrected chi connectivity index (χ3v) is 5.59. The zero-order valence-electron chi connectivity index (χ0n) is 30.3. The molecule has 0 aliphatic heterocycles. The van der Waals surface area contributed by atoms with E-state index in [0.717, 1.165) is 4.90 Å². The van der Waals surface area contributed by atoms with Crippen molar-refractivity contribution in [2.75, 3.05) is 18.1 Å². The van der Waals surface area contributed by atoms with E-state index in [9.17, 15) is 24.3 Å². The fraction of sp³-hybridized carbons (Fsp3) is 0.618. The zero-order chi connectivity index (χ0) is 36.7. The summed E-state index contributed by atoms with van der Waals surface area (Å²) in [6.07, 6.45) is -1.95. The molecular formula is C34H52N4O10. The fourth-order valence-corrected chi connectivity index (χ4v) is 3.83. The van der Waals surface area contributed by atoms with Crippen molar-refractivity contribution < 1.29 is 48.0 Å². The number of aromatic nitrogens is 2. The molecule has 0 fully saturated rings. The van der Waals surface area contributed by atoms with Crippen LogP contribution in [0.5, 0.6) is 5.75 Å². The number of benzene rings is 1. The van der Waals surface area contributed by atoms with Gasteiger partial charge in [-0.15, -0.1) is 4.90 Å². The summed E-state index contributed by atoms with van der Waals surface area (Å²) < 4.78 is 28.8. The number of imide groups is 1. The number of rotatable bonds is 10. The van der Waals surface area contributed by atoms with Crippen LogP contribution >= 0.6 is 0 Å². The van der Waals surface area contributed by atoms with Crippen molar-refractivity contribution in [2.24, 2.45) is 0 Å². The number of hydrogen-bond donors (Lipinski definition) is 2. The van der Waals surface area contributed by atoms with Gasteiger partial charge in [-0.1, -0.05) is 0 Å². The lowest BCUT2D eigenvalue weighted by molar-refractivity contribution is -0.166. The van der Waals surface area contributed by atoms with Crippen molar-refractivity contribution in [3.63, 3.8) is 0 Å². The molecule has 14 nitrogen and oxygen atoms in total. The van der Waals surface area contributed by atoms with Crippen LogP contribution in [0.4, 0.5) is 20.3 Å². The largest absolute Gasteiger partial charge is 0.490 e. The molecule has 1 atom stereocenters. The number of carbonyl (C=O) groups excluding carboxylic acids is 4. The van der Waals surface area contributed by atoms with E-state index in [4.69, 9.17) is 23.7 Å². The van der Waals surface area contributed by atoms with Gasteiger partial charge in [-0.25, -0.2) is 24.2 Å². The van der Waals surface area contributed by atoms with E-state index in [0.29, 0.717) is 23.4 Å². The molecule has 48 heavy (non-hydrogen) atoms. The van der Waals surface area contributed by atoms with Gasteiger partial charge >= 0.3 is 24.2 Å². The number of alkyl carbamates (subject to hydrolysis) is 1. The Morgan fingerprint density at radius 1 is 0.792 bits per heavy atom. The average molecular weight is 677 g/mol. The number of ether oxygens (including phenoxy) is 5. The molecule has 1 unspecified atom stereocenters. The molecule has 1 aromatic carbocycles. The van der Waals surface area contributed by atoms with E-state index < -0.39 is 52.8 Å². The molecule has 0 aliphatic rings. The lowest BCUT2D eigenvalue weighted by Crippen LogP contribution is -2.45. The van der Waals surface area contributed by atoms with E-state index in [2.05, 4.69) is 10.3 Å². The molecule has 0 bridgehead atoms. The quantitative estimate of drug-likeness (QED) is 0.166. The maximum Gasteiger partial charge on any atom is 0.427 e. The third-order valence-electron chi connectivity index (χ3n) is 5.59. The maximum atomic E-state index is 13.4. The highest BCUT2D eigenvalue weighted by atomic mass is 16.6. The Labute approximate surface area is 283 Å². The number of aliphatic hydroxyl groups is 1. The first-order valence-corrected chi connectivity index (χ1v) is 15.8. The van der Waals surface area contributed by atoms with Gasteiger partial charge in [0.15, 0.2) is 6.10 Å². The maximum absolute atomic E-state index is 13.4.